The molecule has 2 heterocycles. The molecule has 2 bridgehead atoms. The minimum absolute atomic E-state index is 0.116. The predicted octanol–water partition coefficient (Wildman–Crippen LogP) is 0.938. The lowest BCUT2D eigenvalue weighted by Gasteiger charge is -2.45. The quantitative estimate of drug-likeness (QED) is 0.590. The molecule has 2 heteroatoms. The summed E-state index contributed by atoms with van der Waals surface area (Å²) >= 11 is 0. The van der Waals surface area contributed by atoms with Crippen molar-refractivity contribution in [2.24, 2.45) is 5.92 Å². The molecule has 0 atom stereocenters. The number of fused-ring (bicyclic) bond motifs is 3. The minimum atomic E-state index is -0.116. The van der Waals surface area contributed by atoms with Crippen molar-refractivity contribution in [1.29, 1.82) is 0 Å². The van der Waals surface area contributed by atoms with Crippen LogP contribution in [0.4, 0.5) is 0 Å². The highest BCUT2D eigenvalue weighted by atomic mass is 16.5. The molecule has 1 N–H and O–H groups in total. The van der Waals surface area contributed by atoms with E-state index >= 15 is 0 Å². The highest BCUT2D eigenvalue weighted by molar-refractivity contribution is 4.91. The van der Waals surface area contributed by atoms with E-state index in [9.17, 15) is 0 Å². The molecule has 1 saturated carbocycles. The highest BCUT2D eigenvalue weighted by Crippen LogP contribution is 2.40. The molecule has 0 spiro atoms. The van der Waals surface area contributed by atoms with E-state index in [0.29, 0.717) is 0 Å². The topological polar surface area (TPSA) is 29.5 Å². The summed E-state index contributed by atoms with van der Waals surface area (Å²) < 4.78 is 5.56. The van der Waals surface area contributed by atoms with Gasteiger partial charge in [-0.2, -0.15) is 0 Å². The van der Waals surface area contributed by atoms with Crippen molar-refractivity contribution in [3.05, 3.63) is 0 Å². The number of aliphatic hydroxyl groups excluding tert-OH is 1. The van der Waals surface area contributed by atoms with E-state index in [-0.39, 0.29) is 12.2 Å². The van der Waals surface area contributed by atoms with E-state index in [0.717, 1.165) is 25.4 Å². The second-order valence-corrected chi connectivity index (χ2v) is 3.60. The van der Waals surface area contributed by atoms with Gasteiger partial charge in [0.05, 0.1) is 18.8 Å². The zero-order valence-corrected chi connectivity index (χ0v) is 6.18. The third-order valence-electron chi connectivity index (χ3n) is 2.93. The van der Waals surface area contributed by atoms with Gasteiger partial charge >= 0.3 is 0 Å². The van der Waals surface area contributed by atoms with Crippen LogP contribution in [0.3, 0.4) is 0 Å². The predicted molar refractivity (Wildman–Crippen MR) is 37.7 cm³/mol. The van der Waals surface area contributed by atoms with Gasteiger partial charge in [0, 0.05) is 0 Å². The fourth-order valence-electron chi connectivity index (χ4n) is 2.01. The van der Waals surface area contributed by atoms with E-state index in [1.807, 2.05) is 0 Å². The van der Waals surface area contributed by atoms with Crippen LogP contribution in [0.1, 0.15) is 25.7 Å². The Labute approximate surface area is 61.2 Å². The van der Waals surface area contributed by atoms with Gasteiger partial charge in [-0.3, -0.25) is 0 Å². The Hall–Kier alpha value is -0.0800. The van der Waals surface area contributed by atoms with Gasteiger partial charge in [-0.15, -0.1) is 0 Å². The van der Waals surface area contributed by atoms with Crippen LogP contribution >= 0.6 is 0 Å². The first-order valence-corrected chi connectivity index (χ1v) is 4.09. The maximum atomic E-state index is 9.04. The van der Waals surface area contributed by atoms with Crippen LogP contribution in [-0.4, -0.2) is 23.9 Å². The Bertz CT molecular complexity index is 111. The average molecular weight is 142 g/mol. The molecule has 0 aromatic heterocycles. The van der Waals surface area contributed by atoms with Crippen molar-refractivity contribution >= 4 is 0 Å². The van der Waals surface area contributed by atoms with Crippen LogP contribution in [0.15, 0.2) is 0 Å². The van der Waals surface area contributed by atoms with Crippen LogP contribution in [0.2, 0.25) is 0 Å². The van der Waals surface area contributed by atoms with Gasteiger partial charge < -0.3 is 9.84 Å². The van der Waals surface area contributed by atoms with Crippen molar-refractivity contribution in [2.45, 2.75) is 31.3 Å². The molecule has 3 rings (SSSR count). The number of hydrogen-bond donors (Lipinski definition) is 1. The third-order valence-corrected chi connectivity index (χ3v) is 2.93. The number of hydrogen-bond acceptors (Lipinski definition) is 2. The molecule has 2 nitrogen and oxygen atoms in total. The van der Waals surface area contributed by atoms with Crippen molar-refractivity contribution in [1.82, 2.24) is 0 Å². The fourth-order valence-corrected chi connectivity index (χ4v) is 2.01. The molecular weight excluding hydrogens is 128 g/mol. The Morgan fingerprint density at radius 1 is 1.40 bits per heavy atom. The van der Waals surface area contributed by atoms with E-state index in [1.54, 1.807) is 0 Å². The summed E-state index contributed by atoms with van der Waals surface area (Å²) in [7, 11) is 0. The average Bonchev–Trinajstić information content (AvgIpc) is 2.08. The zero-order valence-electron chi connectivity index (χ0n) is 6.18. The molecule has 10 heavy (non-hydrogen) atoms. The Morgan fingerprint density at radius 2 is 2.10 bits per heavy atom. The molecule has 2 saturated heterocycles. The molecule has 3 fully saturated rings. The molecule has 1 aliphatic carbocycles. The van der Waals surface area contributed by atoms with E-state index in [1.165, 1.54) is 12.8 Å². The molecule has 0 amide bonds. The zero-order chi connectivity index (χ0) is 7.03. The molecule has 58 valence electrons. The summed E-state index contributed by atoms with van der Waals surface area (Å²) in [6, 6.07) is 0. The van der Waals surface area contributed by atoms with Crippen LogP contribution < -0.4 is 0 Å². The summed E-state index contributed by atoms with van der Waals surface area (Å²) in [6.07, 6.45) is 4.68. The second kappa shape index (κ2) is 2.21. The van der Waals surface area contributed by atoms with E-state index < -0.39 is 0 Å². The summed E-state index contributed by atoms with van der Waals surface area (Å²) in [4.78, 5) is 0. The fraction of sp³-hybridized carbons (Fsp3) is 1.00. The Morgan fingerprint density at radius 3 is 2.40 bits per heavy atom. The molecule has 0 aromatic carbocycles. The standard InChI is InChI=1S/C8H14O2/c9-6-8-3-1-7(2-4-8)5-10-8/h7,9H,1-6H2. The maximum Gasteiger partial charge on any atom is 0.0912 e. The SMILES string of the molecule is OCC12CCC(CC1)CO2. The summed E-state index contributed by atoms with van der Waals surface area (Å²) in [6.45, 7) is 1.11. The lowest BCUT2D eigenvalue weighted by Crippen LogP contribution is -2.47. The van der Waals surface area contributed by atoms with Gasteiger partial charge in [0.2, 0.25) is 0 Å². The molecule has 2 aliphatic heterocycles. The first-order valence-electron chi connectivity index (χ1n) is 4.09. The molecular formula is C8H14O2. The summed E-state index contributed by atoms with van der Waals surface area (Å²) in [5.41, 5.74) is -0.116. The van der Waals surface area contributed by atoms with Crippen molar-refractivity contribution in [3.8, 4) is 0 Å². The maximum absolute atomic E-state index is 9.04. The van der Waals surface area contributed by atoms with Gasteiger partial charge in [0.15, 0.2) is 0 Å². The first kappa shape index (κ1) is 6.62. The largest absolute Gasteiger partial charge is 0.393 e. The highest BCUT2D eigenvalue weighted by Gasteiger charge is 2.40. The Balaban J connectivity index is 2.08. The van der Waals surface area contributed by atoms with Gasteiger partial charge in [-0.05, 0) is 31.6 Å². The lowest BCUT2D eigenvalue weighted by atomic mass is 9.76. The van der Waals surface area contributed by atoms with E-state index in [4.69, 9.17) is 9.84 Å². The normalized spacial score (nSPS) is 45.9. The summed E-state index contributed by atoms with van der Waals surface area (Å²) in [5, 5.41) is 9.04. The number of aliphatic hydroxyl groups is 1. The number of ether oxygens (including phenoxy) is 1. The van der Waals surface area contributed by atoms with Gasteiger partial charge in [-0.1, -0.05) is 0 Å². The van der Waals surface area contributed by atoms with Crippen molar-refractivity contribution < 1.29 is 9.84 Å². The summed E-state index contributed by atoms with van der Waals surface area (Å²) in [5.74, 6) is 0.799. The van der Waals surface area contributed by atoms with Gasteiger partial charge in [0.1, 0.15) is 0 Å². The van der Waals surface area contributed by atoms with E-state index in [2.05, 4.69) is 0 Å². The molecule has 3 aliphatic rings. The van der Waals surface area contributed by atoms with Crippen LogP contribution in [-0.2, 0) is 4.74 Å². The Kier molecular flexibility index (Phi) is 1.46. The second-order valence-electron chi connectivity index (χ2n) is 3.60. The van der Waals surface area contributed by atoms with Gasteiger partial charge in [-0.25, -0.2) is 0 Å². The minimum Gasteiger partial charge on any atom is -0.393 e. The third kappa shape index (κ3) is 0.867. The monoisotopic (exact) mass is 142 g/mol. The first-order chi connectivity index (χ1) is 4.85. The van der Waals surface area contributed by atoms with Crippen LogP contribution in [0, 0.1) is 5.92 Å². The molecule has 0 unspecified atom stereocenters. The van der Waals surface area contributed by atoms with Crippen LogP contribution in [0.5, 0.6) is 0 Å². The van der Waals surface area contributed by atoms with Crippen molar-refractivity contribution in [3.63, 3.8) is 0 Å². The molecule has 0 radical (unpaired) electrons. The molecule has 0 aromatic rings. The van der Waals surface area contributed by atoms with Crippen LogP contribution in [0.25, 0.3) is 0 Å². The smallest absolute Gasteiger partial charge is 0.0912 e. The lowest BCUT2D eigenvalue weighted by molar-refractivity contribution is -0.164. The van der Waals surface area contributed by atoms with Crippen molar-refractivity contribution in [2.75, 3.05) is 13.2 Å². The van der Waals surface area contributed by atoms with Gasteiger partial charge in [0.25, 0.3) is 0 Å². The number of rotatable bonds is 1.